The first kappa shape index (κ1) is 27.5. The van der Waals surface area contributed by atoms with Crippen LogP contribution >= 0.6 is 0 Å². The van der Waals surface area contributed by atoms with Gasteiger partial charge in [0.25, 0.3) is 5.91 Å². The van der Waals surface area contributed by atoms with Crippen molar-refractivity contribution in [3.8, 4) is 5.69 Å². The van der Waals surface area contributed by atoms with E-state index in [1.165, 1.54) is 5.56 Å². The molecule has 8 nitrogen and oxygen atoms in total. The van der Waals surface area contributed by atoms with Crippen molar-refractivity contribution in [1.29, 1.82) is 0 Å². The van der Waals surface area contributed by atoms with Crippen LogP contribution in [0.3, 0.4) is 0 Å². The number of carbonyl (C=O) groups excluding carboxylic acids is 2. The molecule has 1 amide bonds. The van der Waals surface area contributed by atoms with E-state index in [9.17, 15) is 9.59 Å². The monoisotopic (exact) mass is 518 g/mol. The number of anilines is 1. The quantitative estimate of drug-likeness (QED) is 0.414. The van der Waals surface area contributed by atoms with Crippen LogP contribution in [0.1, 0.15) is 80.7 Å². The lowest BCUT2D eigenvalue weighted by atomic mass is 9.70. The molecule has 3 aromatic rings. The maximum atomic E-state index is 13.1. The zero-order valence-electron chi connectivity index (χ0n) is 23.2. The van der Waals surface area contributed by atoms with Crippen molar-refractivity contribution in [3.63, 3.8) is 0 Å². The van der Waals surface area contributed by atoms with Crippen molar-refractivity contribution in [2.45, 2.75) is 77.2 Å². The average Bonchev–Trinajstić information content (AvgIpc) is 3.30. The summed E-state index contributed by atoms with van der Waals surface area (Å²) in [6.07, 6.45) is 6.05. The lowest BCUT2D eigenvalue weighted by Crippen LogP contribution is -2.43. The number of nitrogens with zero attached hydrogens (tertiary/aromatic N) is 3. The van der Waals surface area contributed by atoms with Gasteiger partial charge in [0, 0.05) is 7.11 Å². The maximum Gasteiger partial charge on any atom is 0.318 e. The van der Waals surface area contributed by atoms with E-state index < -0.39 is 5.41 Å². The third-order valence-electron chi connectivity index (χ3n) is 7.53. The molecule has 1 aliphatic carbocycles. The van der Waals surface area contributed by atoms with Crippen LogP contribution < -0.4 is 5.32 Å². The molecule has 0 atom stereocenters. The van der Waals surface area contributed by atoms with Crippen LogP contribution in [0.4, 0.5) is 5.69 Å². The Morgan fingerprint density at radius 1 is 1.08 bits per heavy atom. The Morgan fingerprint density at radius 2 is 1.76 bits per heavy atom. The summed E-state index contributed by atoms with van der Waals surface area (Å²) >= 11 is 0. The number of amides is 1. The van der Waals surface area contributed by atoms with Gasteiger partial charge in [-0.15, -0.1) is 0 Å². The molecule has 1 aliphatic rings. The number of rotatable bonds is 7. The first-order valence-electron chi connectivity index (χ1n) is 13.2. The van der Waals surface area contributed by atoms with Crippen molar-refractivity contribution in [2.24, 2.45) is 0 Å². The van der Waals surface area contributed by atoms with E-state index in [1.807, 2.05) is 32.0 Å². The molecular weight excluding hydrogens is 480 g/mol. The summed E-state index contributed by atoms with van der Waals surface area (Å²) in [4.78, 5) is 30.7. The van der Waals surface area contributed by atoms with Crippen LogP contribution in [0.5, 0.6) is 0 Å². The third-order valence-corrected chi connectivity index (χ3v) is 7.53. The van der Waals surface area contributed by atoms with Crippen molar-refractivity contribution in [3.05, 3.63) is 71.3 Å². The minimum atomic E-state index is -0.798. The highest BCUT2D eigenvalue weighted by Crippen LogP contribution is 2.41. The van der Waals surface area contributed by atoms with Gasteiger partial charge < -0.3 is 14.8 Å². The first-order chi connectivity index (χ1) is 18.1. The number of hydrogen-bond donors (Lipinski definition) is 1. The van der Waals surface area contributed by atoms with Crippen molar-refractivity contribution in [1.82, 2.24) is 14.8 Å². The van der Waals surface area contributed by atoms with Gasteiger partial charge in [-0.2, -0.15) is 5.10 Å². The molecule has 38 heavy (non-hydrogen) atoms. The lowest BCUT2D eigenvalue weighted by Gasteiger charge is -2.37. The summed E-state index contributed by atoms with van der Waals surface area (Å²) in [6.45, 7) is 10.5. The van der Waals surface area contributed by atoms with Gasteiger partial charge in [-0.05, 0) is 74.8 Å². The fourth-order valence-electron chi connectivity index (χ4n) is 5.10. The molecule has 0 bridgehead atoms. The number of carbonyl (C=O) groups is 2. The van der Waals surface area contributed by atoms with Crippen LogP contribution in [-0.2, 0) is 25.1 Å². The van der Waals surface area contributed by atoms with E-state index in [1.54, 1.807) is 30.3 Å². The predicted molar refractivity (Wildman–Crippen MR) is 147 cm³/mol. The zero-order chi connectivity index (χ0) is 27.5. The number of hydrogen-bond acceptors (Lipinski definition) is 6. The van der Waals surface area contributed by atoms with Crippen molar-refractivity contribution in [2.75, 3.05) is 19.0 Å². The van der Waals surface area contributed by atoms with Gasteiger partial charge in [0.1, 0.15) is 5.41 Å². The molecule has 0 saturated heterocycles. The minimum Gasteiger partial charge on any atom is -0.465 e. The second kappa shape index (κ2) is 11.1. The Kier molecular flexibility index (Phi) is 8.02. The summed E-state index contributed by atoms with van der Waals surface area (Å²) in [6, 6.07) is 11.8. The van der Waals surface area contributed by atoms with Crippen LogP contribution in [0.25, 0.3) is 5.69 Å². The van der Waals surface area contributed by atoms with Crippen LogP contribution in [0, 0.1) is 6.92 Å². The summed E-state index contributed by atoms with van der Waals surface area (Å²) in [5, 5.41) is 7.37. The minimum absolute atomic E-state index is 0.0611. The number of pyridine rings is 1. The highest BCUT2D eigenvalue weighted by atomic mass is 16.5. The fourth-order valence-corrected chi connectivity index (χ4v) is 5.10. The molecule has 8 heteroatoms. The smallest absolute Gasteiger partial charge is 0.318 e. The molecule has 0 spiro atoms. The second-order valence-corrected chi connectivity index (χ2v) is 11.0. The molecule has 0 unspecified atom stereocenters. The van der Waals surface area contributed by atoms with Gasteiger partial charge in [0.15, 0.2) is 0 Å². The molecule has 1 N–H and O–H groups in total. The molecule has 1 fully saturated rings. The number of benzene rings is 1. The van der Waals surface area contributed by atoms with Crippen molar-refractivity contribution < 1.29 is 19.1 Å². The molecule has 4 rings (SSSR count). The Bertz CT molecular complexity index is 1270. The average molecular weight is 519 g/mol. The van der Waals surface area contributed by atoms with Crippen LogP contribution in [0.15, 0.2) is 48.8 Å². The SMILES string of the molecule is CCOC(=O)[C@]1(c2ccc(NC(=O)c3cnn(-c4ccc(C(C)(C)C)cc4)c3C)cn2)CC[C@H](OC)CC1. The van der Waals surface area contributed by atoms with Gasteiger partial charge in [-0.1, -0.05) is 32.9 Å². The van der Waals surface area contributed by atoms with Gasteiger partial charge in [-0.25, -0.2) is 4.68 Å². The van der Waals surface area contributed by atoms with E-state index in [0.717, 1.165) is 24.2 Å². The lowest BCUT2D eigenvalue weighted by molar-refractivity contribution is -0.153. The Balaban J connectivity index is 1.50. The molecule has 1 aromatic carbocycles. The number of esters is 1. The summed E-state index contributed by atoms with van der Waals surface area (Å²) in [5.41, 5.74) is 3.82. The van der Waals surface area contributed by atoms with Gasteiger partial charge in [-0.3, -0.25) is 14.6 Å². The van der Waals surface area contributed by atoms with E-state index in [2.05, 4.69) is 48.3 Å². The highest BCUT2D eigenvalue weighted by Gasteiger charge is 2.46. The normalized spacial score (nSPS) is 19.7. The van der Waals surface area contributed by atoms with Gasteiger partial charge in [0.2, 0.25) is 0 Å². The number of ether oxygens (including phenoxy) is 2. The van der Waals surface area contributed by atoms with E-state index in [0.29, 0.717) is 36.4 Å². The Labute approximate surface area is 224 Å². The number of nitrogens with one attached hydrogen (secondary N) is 1. The molecule has 2 aromatic heterocycles. The van der Waals surface area contributed by atoms with Crippen LogP contribution in [0.2, 0.25) is 0 Å². The van der Waals surface area contributed by atoms with Gasteiger partial charge in [0.05, 0.1) is 53.4 Å². The van der Waals surface area contributed by atoms with E-state index in [-0.39, 0.29) is 23.4 Å². The summed E-state index contributed by atoms with van der Waals surface area (Å²) in [5.74, 6) is -0.521. The second-order valence-electron chi connectivity index (χ2n) is 11.0. The number of methoxy groups -OCH3 is 1. The Morgan fingerprint density at radius 3 is 2.32 bits per heavy atom. The maximum absolute atomic E-state index is 13.1. The standard InChI is InChI=1S/C30H38N4O4/c1-7-38-28(36)30(16-14-24(37-6)15-17-30)26-13-10-22(18-31-26)33-27(35)25-19-32-34(20(25)2)23-11-8-21(9-12-23)29(3,4)5/h8-13,18-19,24H,7,14-17H2,1-6H3,(H,33,35)/t24-,30+. The predicted octanol–water partition coefficient (Wildman–Crippen LogP) is 5.52. The third kappa shape index (κ3) is 5.50. The topological polar surface area (TPSA) is 95.3 Å². The molecule has 2 heterocycles. The highest BCUT2D eigenvalue weighted by molar-refractivity contribution is 6.04. The zero-order valence-corrected chi connectivity index (χ0v) is 23.2. The molecule has 202 valence electrons. The molecule has 0 radical (unpaired) electrons. The first-order valence-corrected chi connectivity index (χ1v) is 13.2. The summed E-state index contributed by atoms with van der Waals surface area (Å²) in [7, 11) is 1.70. The van der Waals surface area contributed by atoms with Gasteiger partial charge >= 0.3 is 5.97 Å². The summed E-state index contributed by atoms with van der Waals surface area (Å²) < 4.78 is 12.7. The molecular formula is C30H38N4O4. The Hall–Kier alpha value is -3.52. The molecule has 0 aliphatic heterocycles. The van der Waals surface area contributed by atoms with Crippen molar-refractivity contribution >= 4 is 17.6 Å². The van der Waals surface area contributed by atoms with E-state index in [4.69, 9.17) is 9.47 Å². The fraction of sp³-hybridized carbons (Fsp3) is 0.467. The van der Waals surface area contributed by atoms with E-state index >= 15 is 0 Å². The number of aromatic nitrogens is 3. The molecule has 1 saturated carbocycles. The van der Waals surface area contributed by atoms with Crippen LogP contribution in [-0.4, -0.2) is 46.5 Å². The largest absolute Gasteiger partial charge is 0.465 e.